The Morgan fingerprint density at radius 1 is 1.32 bits per heavy atom. The lowest BCUT2D eigenvalue weighted by Crippen LogP contribution is -2.24. The number of hydrogen-bond donors (Lipinski definition) is 4. The third-order valence-corrected chi connectivity index (χ3v) is 6.82. The first-order valence-corrected chi connectivity index (χ1v) is 10.8. The van der Waals surface area contributed by atoms with E-state index in [1.54, 1.807) is 36.5 Å². The molecule has 4 N–H and O–H groups in total. The molecule has 0 radical (unpaired) electrons. The molecule has 1 aliphatic rings. The minimum atomic E-state index is -2.82. The first-order chi connectivity index (χ1) is 13.3. The Labute approximate surface area is 168 Å². The molecule has 1 fully saturated rings. The number of aromatic nitrogens is 3. The molecule has 3 aromatic rings. The Hall–Kier alpha value is -2.33. The highest BCUT2D eigenvalue weighted by Crippen LogP contribution is 2.50. The topological polar surface area (TPSA) is 114 Å². The largest absolute Gasteiger partial charge is 0.347 e. The van der Waals surface area contributed by atoms with E-state index >= 15 is 0 Å². The maximum atomic E-state index is 12.5. The zero-order valence-electron chi connectivity index (χ0n) is 15.1. The monoisotopic (exact) mass is 421 g/mol. The van der Waals surface area contributed by atoms with Gasteiger partial charge < -0.3 is 10.3 Å². The molecule has 148 valence electrons. The van der Waals surface area contributed by atoms with Crippen LogP contribution in [0.1, 0.15) is 24.9 Å². The zero-order chi connectivity index (χ0) is 19.9. The minimum Gasteiger partial charge on any atom is -0.347 e. The van der Waals surface area contributed by atoms with Gasteiger partial charge in [0.25, 0.3) is 5.56 Å². The van der Waals surface area contributed by atoms with Crippen molar-refractivity contribution in [3.63, 3.8) is 0 Å². The van der Waals surface area contributed by atoms with E-state index in [1.165, 1.54) is 4.31 Å². The number of benzene rings is 1. The van der Waals surface area contributed by atoms with Crippen LogP contribution in [-0.2, 0) is 0 Å². The molecule has 28 heavy (non-hydrogen) atoms. The van der Waals surface area contributed by atoms with E-state index < -0.39 is 10.8 Å². The fourth-order valence-corrected chi connectivity index (χ4v) is 5.01. The number of halogens is 1. The fraction of sp³-hybridized carbons (Fsp3) is 0.278. The molecule has 0 aliphatic carbocycles. The summed E-state index contributed by atoms with van der Waals surface area (Å²) in [6.45, 7) is 2.36. The number of pyridine rings is 1. The highest BCUT2D eigenvalue weighted by atomic mass is 35.5. The Morgan fingerprint density at radius 3 is 2.89 bits per heavy atom. The number of rotatable bonds is 4. The average molecular weight is 422 g/mol. The zero-order valence-corrected chi connectivity index (χ0v) is 16.7. The molecule has 8 nitrogen and oxygen atoms in total. The molecule has 1 atom stereocenters. The van der Waals surface area contributed by atoms with Crippen LogP contribution in [0.25, 0.3) is 10.9 Å². The van der Waals surface area contributed by atoms with Gasteiger partial charge in [-0.1, -0.05) is 11.6 Å². The molecule has 0 bridgehead atoms. The van der Waals surface area contributed by atoms with Crippen molar-refractivity contribution in [2.45, 2.75) is 19.4 Å². The van der Waals surface area contributed by atoms with E-state index in [1.807, 2.05) is 6.92 Å². The molecule has 1 saturated heterocycles. The Morgan fingerprint density at radius 2 is 2.14 bits per heavy atom. The predicted molar refractivity (Wildman–Crippen MR) is 113 cm³/mol. The molecule has 1 unspecified atom stereocenters. The van der Waals surface area contributed by atoms with Crippen LogP contribution in [0.2, 0.25) is 5.02 Å². The van der Waals surface area contributed by atoms with Gasteiger partial charge in [-0.25, -0.2) is 4.98 Å². The first-order valence-electron chi connectivity index (χ1n) is 8.79. The van der Waals surface area contributed by atoms with E-state index in [2.05, 4.69) is 20.3 Å². The summed E-state index contributed by atoms with van der Waals surface area (Å²) < 4.78 is 21.8. The second-order valence-corrected chi connectivity index (χ2v) is 9.23. The van der Waals surface area contributed by atoms with Gasteiger partial charge in [0.15, 0.2) is 5.82 Å². The van der Waals surface area contributed by atoms with Gasteiger partial charge in [-0.2, -0.15) is 4.98 Å². The van der Waals surface area contributed by atoms with E-state index in [9.17, 15) is 13.9 Å². The SMILES string of the molecule is CC(Nc1nccc(N2CCCS2(O)O)n1)c1cc2cc(Cl)ccc2[nH]c1=O. The van der Waals surface area contributed by atoms with Gasteiger partial charge in [-0.3, -0.25) is 18.2 Å². The quantitative estimate of drug-likeness (QED) is 0.503. The molecule has 2 aromatic heterocycles. The van der Waals surface area contributed by atoms with E-state index in [0.717, 1.165) is 5.39 Å². The first kappa shape index (κ1) is 19.0. The highest BCUT2D eigenvalue weighted by Gasteiger charge is 2.30. The van der Waals surface area contributed by atoms with Gasteiger partial charge in [0.05, 0.1) is 11.8 Å². The standard InChI is InChI=1S/C18H20ClN5O3S/c1-11(14-10-12-9-13(19)3-4-15(12)22-17(14)25)21-18-20-6-5-16(23-18)24-7-2-8-28(24,26)27/h3-6,9-11,26-27H,2,7-8H2,1H3,(H,22,25)(H,20,21,23). The summed E-state index contributed by atoms with van der Waals surface area (Å²) in [5.74, 6) is 1.09. The van der Waals surface area contributed by atoms with Crippen LogP contribution in [0.15, 0.2) is 41.3 Å². The average Bonchev–Trinajstić information content (AvgIpc) is 3.00. The van der Waals surface area contributed by atoms with Crippen molar-refractivity contribution in [1.82, 2.24) is 15.0 Å². The lowest BCUT2D eigenvalue weighted by molar-refractivity contribution is 0.491. The van der Waals surface area contributed by atoms with Crippen molar-refractivity contribution >= 4 is 45.0 Å². The predicted octanol–water partition coefficient (Wildman–Crippen LogP) is 4.02. The molecule has 1 aromatic carbocycles. The molecule has 3 heterocycles. The van der Waals surface area contributed by atoms with Gasteiger partial charge >= 0.3 is 0 Å². The fourth-order valence-electron chi connectivity index (χ4n) is 3.27. The summed E-state index contributed by atoms with van der Waals surface area (Å²) in [7, 11) is -2.82. The van der Waals surface area contributed by atoms with Gasteiger partial charge in [-0.05, 0) is 37.6 Å². The Bertz CT molecular complexity index is 1090. The molecule has 0 spiro atoms. The smallest absolute Gasteiger partial charge is 0.253 e. The summed E-state index contributed by atoms with van der Waals surface area (Å²) in [5, 5.41) is 4.53. The second kappa shape index (κ2) is 7.25. The van der Waals surface area contributed by atoms with Gasteiger partial charge in [0.2, 0.25) is 5.95 Å². The van der Waals surface area contributed by atoms with E-state index in [-0.39, 0.29) is 11.6 Å². The van der Waals surface area contributed by atoms with Crippen LogP contribution in [0.3, 0.4) is 0 Å². The van der Waals surface area contributed by atoms with Crippen molar-refractivity contribution < 1.29 is 9.11 Å². The number of nitrogens with zero attached hydrogens (tertiary/aromatic N) is 3. The third kappa shape index (κ3) is 3.66. The van der Waals surface area contributed by atoms with Crippen LogP contribution >= 0.6 is 22.4 Å². The molecule has 1 aliphatic heterocycles. The van der Waals surface area contributed by atoms with E-state index in [4.69, 9.17) is 11.6 Å². The number of H-pyrrole nitrogens is 1. The summed E-state index contributed by atoms with van der Waals surface area (Å²) >= 11 is 6.05. The van der Waals surface area contributed by atoms with E-state index in [0.29, 0.717) is 46.6 Å². The van der Waals surface area contributed by atoms with Crippen molar-refractivity contribution in [2.75, 3.05) is 21.9 Å². The van der Waals surface area contributed by atoms with Crippen molar-refractivity contribution in [3.05, 3.63) is 57.5 Å². The van der Waals surface area contributed by atoms with Gasteiger partial charge in [0, 0.05) is 40.3 Å². The van der Waals surface area contributed by atoms with Crippen LogP contribution in [0, 0.1) is 0 Å². The van der Waals surface area contributed by atoms with Gasteiger partial charge in [-0.15, -0.1) is 10.8 Å². The summed E-state index contributed by atoms with van der Waals surface area (Å²) in [5.41, 5.74) is 1.02. The maximum absolute atomic E-state index is 12.5. The third-order valence-electron chi connectivity index (χ3n) is 4.68. The van der Waals surface area contributed by atoms with Crippen LogP contribution in [0.4, 0.5) is 11.8 Å². The number of aromatic amines is 1. The summed E-state index contributed by atoms with van der Waals surface area (Å²) in [6, 6.07) is 8.34. The van der Waals surface area contributed by atoms with Crippen molar-refractivity contribution in [1.29, 1.82) is 0 Å². The Kier molecular flexibility index (Phi) is 4.92. The minimum absolute atomic E-state index is 0.209. The van der Waals surface area contributed by atoms with Crippen molar-refractivity contribution in [2.24, 2.45) is 0 Å². The second-order valence-electron chi connectivity index (χ2n) is 6.68. The molecule has 4 rings (SSSR count). The van der Waals surface area contributed by atoms with Crippen molar-refractivity contribution in [3.8, 4) is 0 Å². The maximum Gasteiger partial charge on any atom is 0.253 e. The van der Waals surface area contributed by atoms with Crippen LogP contribution in [-0.4, -0.2) is 36.4 Å². The Balaban J connectivity index is 1.61. The summed E-state index contributed by atoms with van der Waals surface area (Å²) in [6.07, 6.45) is 2.25. The normalized spacial score (nSPS) is 18.2. The lowest BCUT2D eigenvalue weighted by atomic mass is 10.1. The number of fused-ring (bicyclic) bond motifs is 1. The summed E-state index contributed by atoms with van der Waals surface area (Å²) in [4.78, 5) is 23.9. The number of anilines is 2. The molecular formula is C18H20ClN5O3S. The lowest BCUT2D eigenvalue weighted by Gasteiger charge is -2.37. The molecular weight excluding hydrogens is 402 g/mol. The molecule has 0 saturated carbocycles. The highest BCUT2D eigenvalue weighted by molar-refractivity contribution is 8.25. The number of nitrogens with one attached hydrogen (secondary N) is 2. The van der Waals surface area contributed by atoms with Gasteiger partial charge in [0.1, 0.15) is 0 Å². The van der Waals surface area contributed by atoms with Crippen LogP contribution < -0.4 is 15.2 Å². The molecule has 0 amide bonds. The van der Waals surface area contributed by atoms with Crippen LogP contribution in [0.5, 0.6) is 0 Å². The number of hydrogen-bond acceptors (Lipinski definition) is 7. The molecule has 10 heteroatoms.